The number of nitrogens with zero attached hydrogens (tertiary/aromatic N) is 4. The Kier molecular flexibility index (Phi) is 7.43. The van der Waals surface area contributed by atoms with Crippen LogP contribution in [0.15, 0.2) is 56.9 Å². The molecule has 0 bridgehead atoms. The fourth-order valence-corrected chi connectivity index (χ4v) is 6.04. The number of likely N-dealkylation sites (tertiary alicyclic amines) is 1. The Hall–Kier alpha value is -4.46. The molecule has 1 saturated heterocycles. The van der Waals surface area contributed by atoms with Gasteiger partial charge in [-0.05, 0) is 50.1 Å². The Morgan fingerprint density at radius 3 is 2.66 bits per heavy atom. The predicted octanol–water partition coefficient (Wildman–Crippen LogP) is 3.34. The van der Waals surface area contributed by atoms with Crippen molar-refractivity contribution in [3.63, 3.8) is 0 Å². The quantitative estimate of drug-likeness (QED) is 0.455. The van der Waals surface area contributed by atoms with E-state index in [0.717, 1.165) is 6.07 Å². The summed E-state index contributed by atoms with van der Waals surface area (Å²) in [6, 6.07) is 8.95. The lowest BCUT2D eigenvalue weighted by molar-refractivity contribution is -0.115. The Morgan fingerprint density at radius 2 is 1.98 bits per heavy atom. The van der Waals surface area contributed by atoms with E-state index >= 15 is 4.39 Å². The first-order valence-electron chi connectivity index (χ1n) is 12.8. The molecule has 2 N–H and O–H groups in total. The van der Waals surface area contributed by atoms with Crippen LogP contribution < -0.4 is 15.4 Å². The molecule has 2 aliphatic heterocycles. The van der Waals surface area contributed by atoms with Gasteiger partial charge in [-0.2, -0.15) is 4.98 Å². The smallest absolute Gasteiger partial charge is 0.409 e. The second kappa shape index (κ2) is 10.8. The van der Waals surface area contributed by atoms with Gasteiger partial charge < -0.3 is 29.5 Å². The lowest BCUT2D eigenvalue weighted by Gasteiger charge is -2.24. The number of amides is 2. The van der Waals surface area contributed by atoms with Crippen LogP contribution in [-0.2, 0) is 25.9 Å². The summed E-state index contributed by atoms with van der Waals surface area (Å²) in [4.78, 5) is 31.7. The molecule has 0 radical (unpaired) electrons. The number of nitrogens with two attached hydrogens (primary N) is 1. The van der Waals surface area contributed by atoms with Crippen molar-refractivity contribution < 1.29 is 36.4 Å². The SMILES string of the molecule is COC(=O)N1CCC(c2nc(-c3cc4c(cc3F)S(=O)(=O)C=C(N)C(=O)N4Cc3ccc(OC(C)C)cc3)no2)C1. The highest BCUT2D eigenvalue weighted by Crippen LogP contribution is 2.37. The van der Waals surface area contributed by atoms with Crippen LogP contribution in [0.5, 0.6) is 5.75 Å². The van der Waals surface area contributed by atoms with Crippen LogP contribution in [0.2, 0.25) is 0 Å². The summed E-state index contributed by atoms with van der Waals surface area (Å²) in [5, 5.41) is 4.53. The largest absolute Gasteiger partial charge is 0.491 e. The summed E-state index contributed by atoms with van der Waals surface area (Å²) < 4.78 is 57.3. The van der Waals surface area contributed by atoms with E-state index in [0.29, 0.717) is 29.7 Å². The minimum absolute atomic E-state index is 0.0329. The molecule has 0 aliphatic carbocycles. The Bertz CT molecular complexity index is 1640. The standard InChI is InChI=1S/C27H28FN5O7S/c1-15(2)39-18-6-4-16(5-7-18)12-33-22-10-19(20(28)11-23(22)41(36,37)14-21(29)26(33)34)24-30-25(40-31-24)17-8-9-32(13-17)27(35)38-3/h4-7,10-11,14-15,17H,8-9,12-13,29H2,1-3H3. The molecule has 3 heterocycles. The third kappa shape index (κ3) is 5.59. The van der Waals surface area contributed by atoms with Crippen molar-refractivity contribution in [3.05, 3.63) is 64.8 Å². The van der Waals surface area contributed by atoms with Gasteiger partial charge in [-0.15, -0.1) is 0 Å². The van der Waals surface area contributed by atoms with E-state index in [1.165, 1.54) is 23.0 Å². The first-order chi connectivity index (χ1) is 19.5. The molecule has 2 aliphatic rings. The molecular weight excluding hydrogens is 557 g/mol. The number of methoxy groups -OCH3 is 1. The maximum absolute atomic E-state index is 15.4. The van der Waals surface area contributed by atoms with Crippen LogP contribution >= 0.6 is 0 Å². The third-order valence-corrected chi connectivity index (χ3v) is 8.21. The molecule has 41 heavy (non-hydrogen) atoms. The maximum atomic E-state index is 15.4. The number of sulfone groups is 1. The number of carbonyl (C=O) groups excluding carboxylic acids is 2. The molecule has 12 nitrogen and oxygen atoms in total. The average molecular weight is 586 g/mol. The van der Waals surface area contributed by atoms with E-state index in [1.807, 2.05) is 13.8 Å². The van der Waals surface area contributed by atoms with E-state index in [1.54, 1.807) is 24.3 Å². The lowest BCUT2D eigenvalue weighted by Crippen LogP contribution is -2.33. The van der Waals surface area contributed by atoms with Crippen LogP contribution in [0.1, 0.15) is 37.6 Å². The van der Waals surface area contributed by atoms with Gasteiger partial charge in [0.2, 0.25) is 21.6 Å². The second-order valence-corrected chi connectivity index (χ2v) is 11.7. The first kappa shape index (κ1) is 28.1. The van der Waals surface area contributed by atoms with Gasteiger partial charge in [0.05, 0.1) is 47.2 Å². The van der Waals surface area contributed by atoms with Gasteiger partial charge in [-0.3, -0.25) is 4.79 Å². The molecule has 3 aromatic rings. The van der Waals surface area contributed by atoms with Crippen molar-refractivity contribution in [3.8, 4) is 17.1 Å². The second-order valence-electron chi connectivity index (χ2n) is 9.98. The minimum atomic E-state index is -4.28. The highest BCUT2D eigenvalue weighted by Gasteiger charge is 2.35. The number of ether oxygens (including phenoxy) is 2. The van der Waals surface area contributed by atoms with Crippen molar-refractivity contribution in [2.45, 2.75) is 43.7 Å². The number of fused-ring (bicyclic) bond motifs is 1. The van der Waals surface area contributed by atoms with Gasteiger partial charge in [0.1, 0.15) is 17.3 Å². The number of aromatic nitrogens is 2. The molecule has 1 unspecified atom stereocenters. The Balaban J connectivity index is 1.51. The van der Waals surface area contributed by atoms with Crippen molar-refractivity contribution >= 4 is 27.5 Å². The van der Waals surface area contributed by atoms with Crippen LogP contribution in [0.3, 0.4) is 0 Å². The van der Waals surface area contributed by atoms with Gasteiger partial charge in [-0.1, -0.05) is 17.3 Å². The van der Waals surface area contributed by atoms with Gasteiger partial charge >= 0.3 is 6.09 Å². The minimum Gasteiger partial charge on any atom is -0.491 e. The maximum Gasteiger partial charge on any atom is 0.409 e. The normalized spacial score (nSPS) is 18.2. The number of rotatable bonds is 6. The molecule has 14 heteroatoms. The van der Waals surface area contributed by atoms with Gasteiger partial charge in [0.25, 0.3) is 5.91 Å². The van der Waals surface area contributed by atoms with Crippen LogP contribution in [-0.4, -0.2) is 61.8 Å². The van der Waals surface area contributed by atoms with Crippen molar-refractivity contribution in [2.24, 2.45) is 5.73 Å². The van der Waals surface area contributed by atoms with Crippen molar-refractivity contribution in [2.75, 3.05) is 25.1 Å². The number of hydrogen-bond donors (Lipinski definition) is 1. The lowest BCUT2D eigenvalue weighted by atomic mass is 10.1. The fraction of sp³-hybridized carbons (Fsp3) is 0.333. The summed E-state index contributed by atoms with van der Waals surface area (Å²) in [6.07, 6.45) is 0.0232. The zero-order valence-electron chi connectivity index (χ0n) is 22.5. The summed E-state index contributed by atoms with van der Waals surface area (Å²) >= 11 is 0. The number of hydrogen-bond acceptors (Lipinski definition) is 10. The molecule has 1 fully saturated rings. The summed E-state index contributed by atoms with van der Waals surface area (Å²) in [5.41, 5.74) is 5.74. The first-order valence-corrected chi connectivity index (χ1v) is 14.3. The Labute approximate surface area is 235 Å². The molecule has 0 saturated carbocycles. The number of carbonyl (C=O) groups is 2. The van der Waals surface area contributed by atoms with E-state index in [9.17, 15) is 18.0 Å². The van der Waals surface area contributed by atoms with Crippen LogP contribution in [0.4, 0.5) is 14.9 Å². The van der Waals surface area contributed by atoms with Crippen LogP contribution in [0.25, 0.3) is 11.4 Å². The zero-order chi connectivity index (χ0) is 29.5. The van der Waals surface area contributed by atoms with Gasteiger partial charge in [0, 0.05) is 13.1 Å². The molecule has 1 atom stereocenters. The summed E-state index contributed by atoms with van der Waals surface area (Å²) in [6.45, 7) is 4.43. The Morgan fingerprint density at radius 1 is 1.24 bits per heavy atom. The molecule has 1 aromatic heterocycles. The molecular formula is C27H28FN5O7S. The predicted molar refractivity (Wildman–Crippen MR) is 144 cm³/mol. The highest BCUT2D eigenvalue weighted by molar-refractivity contribution is 7.94. The van der Waals surface area contributed by atoms with E-state index in [-0.39, 0.29) is 48.1 Å². The molecule has 2 amide bonds. The summed E-state index contributed by atoms with van der Waals surface area (Å²) in [5.74, 6) is -1.31. The van der Waals surface area contributed by atoms with E-state index < -0.39 is 38.2 Å². The zero-order valence-corrected chi connectivity index (χ0v) is 23.4. The number of halogens is 1. The highest BCUT2D eigenvalue weighted by atomic mass is 32.2. The van der Waals surface area contributed by atoms with E-state index in [4.69, 9.17) is 19.7 Å². The van der Waals surface area contributed by atoms with Gasteiger partial charge in [-0.25, -0.2) is 17.6 Å². The summed E-state index contributed by atoms with van der Waals surface area (Å²) in [7, 11) is -2.99. The fourth-order valence-electron chi connectivity index (χ4n) is 4.75. The molecule has 0 spiro atoms. The third-order valence-electron chi connectivity index (χ3n) is 6.71. The topological polar surface area (TPSA) is 158 Å². The van der Waals surface area contributed by atoms with Gasteiger partial charge in [0.15, 0.2) is 0 Å². The van der Waals surface area contributed by atoms with E-state index in [2.05, 4.69) is 10.1 Å². The van der Waals surface area contributed by atoms with Crippen molar-refractivity contribution in [1.82, 2.24) is 15.0 Å². The number of benzene rings is 2. The monoisotopic (exact) mass is 585 g/mol. The number of anilines is 1. The van der Waals surface area contributed by atoms with Crippen LogP contribution in [0, 0.1) is 5.82 Å². The van der Waals surface area contributed by atoms with Crippen molar-refractivity contribution in [1.29, 1.82) is 0 Å². The molecule has 5 rings (SSSR count). The average Bonchev–Trinajstić information content (AvgIpc) is 3.60. The molecule has 2 aromatic carbocycles. The molecule has 216 valence electrons.